The van der Waals surface area contributed by atoms with Crippen molar-refractivity contribution in [1.29, 1.82) is 0 Å². The van der Waals surface area contributed by atoms with Gasteiger partial charge in [0.25, 0.3) is 0 Å². The van der Waals surface area contributed by atoms with Gasteiger partial charge in [-0.1, -0.05) is 48.9 Å². The molecular weight excluding hydrogens is 244 g/mol. The summed E-state index contributed by atoms with van der Waals surface area (Å²) in [6.45, 7) is 8.25. The van der Waals surface area contributed by atoms with Crippen LogP contribution in [0.25, 0.3) is 0 Å². The molecular formula is C19H22O. The normalized spacial score (nSPS) is 10.6. The van der Waals surface area contributed by atoms with Gasteiger partial charge in [0.05, 0.1) is 0 Å². The van der Waals surface area contributed by atoms with E-state index in [4.69, 9.17) is 0 Å². The van der Waals surface area contributed by atoms with E-state index in [1.165, 1.54) is 11.1 Å². The molecule has 1 heteroatoms. The fraction of sp³-hybridized carbons (Fsp3) is 0.316. The van der Waals surface area contributed by atoms with Gasteiger partial charge in [-0.3, -0.25) is 4.79 Å². The second-order valence-electron chi connectivity index (χ2n) is 5.54. The van der Waals surface area contributed by atoms with E-state index in [1.54, 1.807) is 0 Å². The molecule has 0 aliphatic carbocycles. The second kappa shape index (κ2) is 6.04. The molecule has 0 aliphatic rings. The number of hydrogen-bond donors (Lipinski definition) is 0. The molecule has 0 aliphatic heterocycles. The molecule has 0 amide bonds. The Morgan fingerprint density at radius 1 is 0.900 bits per heavy atom. The topological polar surface area (TPSA) is 17.1 Å². The summed E-state index contributed by atoms with van der Waals surface area (Å²) in [5.74, 6) is 0.212. The lowest BCUT2D eigenvalue weighted by atomic mass is 9.93. The molecule has 2 aromatic rings. The first kappa shape index (κ1) is 14.5. The van der Waals surface area contributed by atoms with E-state index in [2.05, 4.69) is 50.2 Å². The van der Waals surface area contributed by atoms with Gasteiger partial charge in [-0.2, -0.15) is 0 Å². The van der Waals surface area contributed by atoms with Gasteiger partial charge < -0.3 is 0 Å². The zero-order valence-corrected chi connectivity index (χ0v) is 12.8. The lowest BCUT2D eigenvalue weighted by Crippen LogP contribution is -2.08. The molecule has 0 aromatic heterocycles. The van der Waals surface area contributed by atoms with Crippen LogP contribution in [0.2, 0.25) is 0 Å². The van der Waals surface area contributed by atoms with Crippen molar-refractivity contribution in [2.75, 3.05) is 0 Å². The summed E-state index contributed by atoms with van der Waals surface area (Å²) in [5, 5.41) is 0. The lowest BCUT2D eigenvalue weighted by Gasteiger charge is -2.10. The number of rotatable bonds is 4. The molecule has 0 atom stereocenters. The SMILES string of the molecule is CCc1ccc(CC(=O)c2c(C)cc(C)cc2C)cc1. The van der Waals surface area contributed by atoms with Crippen LogP contribution in [0.5, 0.6) is 0 Å². The minimum Gasteiger partial charge on any atom is -0.294 e. The quantitative estimate of drug-likeness (QED) is 0.739. The predicted octanol–water partition coefficient (Wildman–Crippen LogP) is 4.60. The summed E-state index contributed by atoms with van der Waals surface area (Å²) in [7, 11) is 0. The molecule has 20 heavy (non-hydrogen) atoms. The van der Waals surface area contributed by atoms with Crippen molar-refractivity contribution in [2.45, 2.75) is 40.5 Å². The fourth-order valence-electron chi connectivity index (χ4n) is 2.79. The third-order valence-electron chi connectivity index (χ3n) is 3.75. The van der Waals surface area contributed by atoms with Crippen molar-refractivity contribution < 1.29 is 4.79 Å². The van der Waals surface area contributed by atoms with Crippen LogP contribution in [0.4, 0.5) is 0 Å². The zero-order chi connectivity index (χ0) is 14.7. The molecule has 0 radical (unpaired) electrons. The highest BCUT2D eigenvalue weighted by Crippen LogP contribution is 2.19. The van der Waals surface area contributed by atoms with Gasteiger partial charge >= 0.3 is 0 Å². The van der Waals surface area contributed by atoms with E-state index in [9.17, 15) is 4.79 Å². The first-order chi connectivity index (χ1) is 9.51. The van der Waals surface area contributed by atoms with Crippen LogP contribution in [-0.2, 0) is 12.8 Å². The van der Waals surface area contributed by atoms with Crippen LogP contribution >= 0.6 is 0 Å². The van der Waals surface area contributed by atoms with Gasteiger partial charge in [0.1, 0.15) is 0 Å². The van der Waals surface area contributed by atoms with Crippen molar-refractivity contribution >= 4 is 5.78 Å². The molecule has 1 nitrogen and oxygen atoms in total. The first-order valence-corrected chi connectivity index (χ1v) is 7.20. The van der Waals surface area contributed by atoms with E-state index in [-0.39, 0.29) is 5.78 Å². The maximum Gasteiger partial charge on any atom is 0.167 e. The summed E-state index contributed by atoms with van der Waals surface area (Å²) >= 11 is 0. The Hall–Kier alpha value is -1.89. The lowest BCUT2D eigenvalue weighted by molar-refractivity contribution is 0.0992. The molecule has 0 saturated heterocycles. The van der Waals surface area contributed by atoms with Crippen molar-refractivity contribution in [2.24, 2.45) is 0 Å². The van der Waals surface area contributed by atoms with Crippen LogP contribution in [-0.4, -0.2) is 5.78 Å². The van der Waals surface area contributed by atoms with Gasteiger partial charge in [0.15, 0.2) is 5.78 Å². The van der Waals surface area contributed by atoms with Gasteiger partial charge in [-0.05, 0) is 49.4 Å². The molecule has 2 aromatic carbocycles. The highest BCUT2D eigenvalue weighted by Gasteiger charge is 2.13. The van der Waals surface area contributed by atoms with Crippen LogP contribution in [0.3, 0.4) is 0 Å². The Morgan fingerprint density at radius 3 is 1.90 bits per heavy atom. The molecule has 0 spiro atoms. The summed E-state index contributed by atoms with van der Waals surface area (Å²) < 4.78 is 0. The Labute approximate surface area is 121 Å². The summed E-state index contributed by atoms with van der Waals surface area (Å²) in [5.41, 5.74) is 6.66. The molecule has 104 valence electrons. The van der Waals surface area contributed by atoms with Crippen molar-refractivity contribution in [3.8, 4) is 0 Å². The largest absolute Gasteiger partial charge is 0.294 e. The van der Waals surface area contributed by atoms with E-state index >= 15 is 0 Å². The zero-order valence-electron chi connectivity index (χ0n) is 12.8. The van der Waals surface area contributed by atoms with E-state index < -0.39 is 0 Å². The predicted molar refractivity (Wildman–Crippen MR) is 84.5 cm³/mol. The molecule has 2 rings (SSSR count). The van der Waals surface area contributed by atoms with Gasteiger partial charge in [0, 0.05) is 12.0 Å². The van der Waals surface area contributed by atoms with Crippen molar-refractivity contribution in [3.05, 3.63) is 69.8 Å². The minimum absolute atomic E-state index is 0.212. The monoisotopic (exact) mass is 266 g/mol. The van der Waals surface area contributed by atoms with Crippen molar-refractivity contribution in [1.82, 2.24) is 0 Å². The Kier molecular flexibility index (Phi) is 4.39. The number of carbonyl (C=O) groups is 1. The number of benzene rings is 2. The average molecular weight is 266 g/mol. The number of hydrogen-bond acceptors (Lipinski definition) is 1. The van der Waals surface area contributed by atoms with Crippen molar-refractivity contribution in [3.63, 3.8) is 0 Å². The molecule has 0 bridgehead atoms. The van der Waals surface area contributed by atoms with Crippen LogP contribution < -0.4 is 0 Å². The summed E-state index contributed by atoms with van der Waals surface area (Å²) in [6.07, 6.45) is 1.51. The molecule has 0 heterocycles. The maximum atomic E-state index is 12.5. The highest BCUT2D eigenvalue weighted by molar-refractivity contribution is 6.00. The van der Waals surface area contributed by atoms with E-state index in [0.717, 1.165) is 28.7 Å². The number of Topliss-reactive ketones (excluding diaryl/α,β-unsaturated/α-hetero) is 1. The molecule has 0 unspecified atom stereocenters. The molecule has 0 saturated carbocycles. The fourth-order valence-corrected chi connectivity index (χ4v) is 2.79. The molecule has 0 fully saturated rings. The number of ketones is 1. The minimum atomic E-state index is 0.212. The smallest absolute Gasteiger partial charge is 0.167 e. The standard InChI is InChI=1S/C19H22O/c1-5-16-6-8-17(9-7-16)12-18(20)19-14(3)10-13(2)11-15(19)4/h6-11H,5,12H2,1-4H3. The van der Waals surface area contributed by atoms with E-state index in [1.807, 2.05) is 13.8 Å². The number of aryl methyl sites for hydroxylation is 4. The van der Waals surface area contributed by atoms with Gasteiger partial charge in [0.2, 0.25) is 0 Å². The molecule has 0 N–H and O–H groups in total. The second-order valence-corrected chi connectivity index (χ2v) is 5.54. The Balaban J connectivity index is 2.23. The summed E-state index contributed by atoms with van der Waals surface area (Å²) in [4.78, 5) is 12.5. The Morgan fingerprint density at radius 2 is 1.40 bits per heavy atom. The third kappa shape index (κ3) is 3.16. The average Bonchev–Trinajstić information content (AvgIpc) is 2.38. The Bertz CT molecular complexity index is 598. The van der Waals surface area contributed by atoms with Crippen LogP contribution in [0.15, 0.2) is 36.4 Å². The van der Waals surface area contributed by atoms with Crippen LogP contribution in [0.1, 0.15) is 45.1 Å². The maximum absolute atomic E-state index is 12.5. The highest BCUT2D eigenvalue weighted by atomic mass is 16.1. The first-order valence-electron chi connectivity index (χ1n) is 7.20. The van der Waals surface area contributed by atoms with Gasteiger partial charge in [-0.15, -0.1) is 0 Å². The van der Waals surface area contributed by atoms with E-state index in [0.29, 0.717) is 6.42 Å². The number of carbonyl (C=O) groups excluding carboxylic acids is 1. The van der Waals surface area contributed by atoms with Gasteiger partial charge in [-0.25, -0.2) is 0 Å². The van der Waals surface area contributed by atoms with Crippen LogP contribution in [0, 0.1) is 20.8 Å². The third-order valence-corrected chi connectivity index (χ3v) is 3.75. The summed E-state index contributed by atoms with van der Waals surface area (Å²) in [6, 6.07) is 12.5.